The molecule has 0 amide bonds. The molecule has 307 valence electrons. The van der Waals surface area contributed by atoms with Gasteiger partial charge in [-0.2, -0.15) is 0 Å². The molecule has 1 aliphatic carbocycles. The summed E-state index contributed by atoms with van der Waals surface area (Å²) in [5, 5.41) is 41.2. The van der Waals surface area contributed by atoms with E-state index < -0.39 is 223 Å². The van der Waals surface area contributed by atoms with Crippen molar-refractivity contribution in [2.24, 2.45) is 0 Å². The summed E-state index contributed by atoms with van der Waals surface area (Å²) < 4.78 is 299. The zero-order chi connectivity index (χ0) is 72.2. The second-order valence-corrected chi connectivity index (χ2v) is 28.6. The Bertz CT molecular complexity index is 3410. The molecule has 6 nitrogen and oxygen atoms in total. The molecule has 1 radical (unpaired) electrons. The predicted molar refractivity (Wildman–Crippen MR) is 252 cm³/mol. The van der Waals surface area contributed by atoms with Crippen LogP contribution in [0.25, 0.3) is 5.57 Å². The quantitative estimate of drug-likeness (QED) is 0.407. The van der Waals surface area contributed by atoms with Gasteiger partial charge in [-0.05, 0) is 93.4 Å². The second kappa shape index (κ2) is 18.9. The molecular formula is C40H36K3O6S12. The third-order valence-corrected chi connectivity index (χ3v) is 22.8. The number of aliphatic carboxylic acids is 1. The van der Waals surface area contributed by atoms with E-state index in [0.29, 0.717) is 0 Å². The Hall–Kier alpha value is 5.18. The summed E-state index contributed by atoms with van der Waals surface area (Å²) >= 11 is -3.75. The summed E-state index contributed by atoms with van der Waals surface area (Å²) in [6.45, 7) is -47.1. The van der Waals surface area contributed by atoms with Gasteiger partial charge in [-0.15, -0.1) is 141 Å². The Labute approximate surface area is 587 Å². The molecule has 0 unspecified atom stereocenters. The molecule has 0 saturated carbocycles. The summed E-state index contributed by atoms with van der Waals surface area (Å²) in [5.74, 6) is -7.34. The number of hydrogen-bond acceptors (Lipinski definition) is 18. The van der Waals surface area contributed by atoms with E-state index in [1.165, 1.54) is 0 Å². The van der Waals surface area contributed by atoms with E-state index in [9.17, 15) is 29.7 Å². The van der Waals surface area contributed by atoms with Crippen LogP contribution in [-0.4, -0.2) is 42.4 Å². The van der Waals surface area contributed by atoms with Crippen molar-refractivity contribution in [3.8, 4) is 0 Å². The first-order chi connectivity index (χ1) is 41.6. The first kappa shape index (κ1) is 24.5. The van der Waals surface area contributed by atoms with Crippen LogP contribution in [-0.2, 0) is 4.79 Å². The van der Waals surface area contributed by atoms with Gasteiger partial charge in [0.25, 0.3) is 0 Å². The fourth-order valence-electron chi connectivity index (χ4n) is 6.61. The van der Waals surface area contributed by atoms with E-state index in [-0.39, 0.29) is 295 Å². The van der Waals surface area contributed by atoms with Gasteiger partial charge >= 0.3 is 154 Å². The fourth-order valence-corrected chi connectivity index (χ4v) is 21.8. The van der Waals surface area contributed by atoms with Crippen LogP contribution >= 0.6 is 141 Å². The molecule has 1 saturated heterocycles. The van der Waals surface area contributed by atoms with Crippen LogP contribution in [0.1, 0.15) is 163 Å². The number of aromatic carboxylic acids is 2. The largest absolute Gasteiger partial charge is 1.00 e. The normalized spacial score (nSPS) is 34.7. The van der Waals surface area contributed by atoms with Crippen molar-refractivity contribution in [1.82, 2.24) is 0 Å². The molecule has 7 aliphatic rings. The van der Waals surface area contributed by atoms with Gasteiger partial charge in [-0.1, -0.05) is 0 Å². The first-order valence-electron chi connectivity index (χ1n) is 33.1. The molecule has 61 heavy (non-hydrogen) atoms. The maximum Gasteiger partial charge on any atom is 1.00 e. The van der Waals surface area contributed by atoms with Gasteiger partial charge in [0.15, 0.2) is 0 Å². The number of benzene rings is 2. The molecule has 0 spiro atoms. The Morgan fingerprint density at radius 1 is 0.377 bits per heavy atom. The Morgan fingerprint density at radius 3 is 0.967 bits per heavy atom. The SMILES string of the molecule is [2H]C([2H])([2H])C1(C([2H])([2H])[2H])S[C]2C(=C(C(=O)[O-])C3=C(SC(C([2H])([2H])[2H])(C([2H])([2H])[2H])S3)C2=C(c2c3c(c(C(=O)[O-])c4c2SC(C([2H])([2H])[2H])(C([2H])([2H])[2H])S4)SC(C([2H])([2H])[2H])(C([2H])([2H])[2H])S3)c2c3c(c(C(=O)[O-])c4c2SC(C([2H])([2H])[2H])(C([2H])([2H])[2H])S4)SC(C([2H])([2H])[2H])(C([2H])([2H])[2H])S3)S1.[K+].[K+].[K+]. The van der Waals surface area contributed by atoms with Gasteiger partial charge in [0.2, 0.25) is 0 Å². The van der Waals surface area contributed by atoms with Crippen molar-refractivity contribution in [2.75, 3.05) is 0 Å². The summed E-state index contributed by atoms with van der Waals surface area (Å²) in [5.41, 5.74) is -8.99. The Morgan fingerprint density at radius 2 is 0.656 bits per heavy atom. The topological polar surface area (TPSA) is 120 Å². The summed E-state index contributed by atoms with van der Waals surface area (Å²) in [4.78, 5) is 30.1. The molecule has 0 N–H and O–H groups in total. The Kier molecular flexibility index (Phi) is 7.58. The molecule has 21 heteroatoms. The third-order valence-electron chi connectivity index (χ3n) is 8.27. The fraction of sp³-hybridized carbons (Fsp3) is 0.450. The van der Waals surface area contributed by atoms with Crippen LogP contribution in [0.3, 0.4) is 0 Å². The smallest absolute Gasteiger partial charge is 0.545 e. The average Bonchev–Trinajstić information content (AvgIpc) is 1.52. The minimum atomic E-state index is -3.93. The van der Waals surface area contributed by atoms with Gasteiger partial charge in [0.05, 0.1) is 47.6 Å². The number of thioether (sulfide) groups is 12. The maximum atomic E-state index is 14.1. The van der Waals surface area contributed by atoms with Gasteiger partial charge in [-0.25, -0.2) is 0 Å². The number of fused-ring (bicyclic) bond motifs is 5. The number of carboxylic acid groups (broad SMARTS) is 3. The number of allylic oxidation sites excluding steroid dienone is 1. The van der Waals surface area contributed by atoms with Crippen molar-refractivity contribution in [2.45, 2.75) is 146 Å². The van der Waals surface area contributed by atoms with E-state index in [2.05, 4.69) is 0 Å². The van der Waals surface area contributed by atoms with Crippen LogP contribution in [0.2, 0.25) is 0 Å². The molecule has 0 atom stereocenters. The molecule has 1 fully saturated rings. The number of hydrogen-bond donors (Lipinski definition) is 0. The van der Waals surface area contributed by atoms with Crippen molar-refractivity contribution < 1.29 is 233 Å². The summed E-state index contributed by atoms with van der Waals surface area (Å²) in [6.07, 6.45) is 0. The monoisotopic (exact) mass is 1150 g/mol. The number of carboxylic acids is 3. The number of carbonyl (C=O) groups excluding carboxylic acids is 3. The van der Waals surface area contributed by atoms with E-state index in [1.807, 2.05) is 0 Å². The number of rotatable bonds is 5. The zero-order valence-corrected chi connectivity index (χ0v) is 49.5. The van der Waals surface area contributed by atoms with Crippen molar-refractivity contribution in [1.29, 1.82) is 0 Å². The molecule has 9 rings (SSSR count). The third kappa shape index (κ3) is 10.0. The first-order valence-corrected chi connectivity index (χ1v) is 24.9. The molecule has 2 aromatic rings. The molecule has 6 heterocycles. The van der Waals surface area contributed by atoms with Crippen LogP contribution < -0.4 is 169 Å². The van der Waals surface area contributed by atoms with E-state index >= 15 is 0 Å². The minimum absolute atomic E-state index is 0. The Balaban J connectivity index is 0.00000495. The maximum absolute atomic E-state index is 14.1. The zero-order valence-electron chi connectivity index (χ0n) is 66.3. The van der Waals surface area contributed by atoms with Gasteiger partial charge in [0.1, 0.15) is 0 Å². The van der Waals surface area contributed by atoms with Crippen LogP contribution in [0.15, 0.2) is 65.0 Å². The standard InChI is InChI=1S/C40H39O6S12.3K/c1-35(2)47-20-14(21-27(54-36(3,4)48-21)17(32(41)42)26(20)53-35)13(15-22-28(55-37(5,6)49-22)18(33(43)44)29-23(15)50-38(7,8)56-29)16-24-30(57-39(9,10)51-24)19(34(45)46)31-25(16)52-40(11,12)58-31;;;/h1-12H3,(H,41,42)(H,43,44)(H,45,46);;;/q;3*+1/p-3/i1D3,2D3,3D3,4D3,5D3,6D3,7D3,8D3,9D3,10D3,11D3,12D3;;;. The average molecular weight is 1150 g/mol. The molecule has 2 aromatic carbocycles. The van der Waals surface area contributed by atoms with Crippen LogP contribution in [0.4, 0.5) is 0 Å². The van der Waals surface area contributed by atoms with Crippen molar-refractivity contribution in [3.63, 3.8) is 0 Å². The van der Waals surface area contributed by atoms with Crippen molar-refractivity contribution >= 4 is 165 Å². The number of carbonyl (C=O) groups is 3. The predicted octanol–water partition coefficient (Wildman–Crippen LogP) is 2.16. The van der Waals surface area contributed by atoms with E-state index in [1.54, 1.807) is 0 Å². The molecule has 6 aliphatic heterocycles. The second-order valence-electron chi connectivity index (χ2n) is 12.4. The molecule has 0 aromatic heterocycles. The minimum Gasteiger partial charge on any atom is -0.545 e. The van der Waals surface area contributed by atoms with Crippen LogP contribution in [0, 0.1) is 5.25 Å². The van der Waals surface area contributed by atoms with Crippen molar-refractivity contribution in [3.05, 3.63) is 53.4 Å². The summed E-state index contributed by atoms with van der Waals surface area (Å²) in [7, 11) is 0. The van der Waals surface area contributed by atoms with Gasteiger partial charge in [-0.3, -0.25) is 0 Å². The summed E-state index contributed by atoms with van der Waals surface area (Å²) in [6, 6.07) is 0. The van der Waals surface area contributed by atoms with Gasteiger partial charge < -0.3 is 29.7 Å². The van der Waals surface area contributed by atoms with Gasteiger partial charge in [0, 0.05) is 131 Å². The van der Waals surface area contributed by atoms with E-state index in [0.717, 1.165) is 0 Å². The molecule has 0 bridgehead atoms. The van der Waals surface area contributed by atoms with E-state index in [4.69, 9.17) is 49.3 Å². The van der Waals surface area contributed by atoms with Crippen LogP contribution in [0.5, 0.6) is 0 Å². The molecular weight excluding hydrogens is 1080 g/mol.